The fraction of sp³-hybridized carbons (Fsp3) is 0.464. The maximum absolute atomic E-state index is 13.6. The van der Waals surface area contributed by atoms with Crippen LogP contribution in [0, 0.1) is 11.3 Å². The summed E-state index contributed by atoms with van der Waals surface area (Å²) in [5.41, 5.74) is -1.97. The van der Waals surface area contributed by atoms with Crippen LogP contribution in [0.2, 0.25) is 0 Å². The molecule has 4 rings (SSSR count). The lowest BCUT2D eigenvalue weighted by Crippen LogP contribution is -2.50. The van der Waals surface area contributed by atoms with Crippen LogP contribution >= 0.6 is 12.2 Å². The van der Waals surface area contributed by atoms with Crippen LogP contribution < -0.4 is 19.9 Å². The van der Waals surface area contributed by atoms with E-state index in [1.165, 1.54) is 12.1 Å². The second-order valence-electron chi connectivity index (χ2n) is 10.4. The molecule has 7 nitrogen and oxygen atoms in total. The third-order valence-electron chi connectivity index (χ3n) is 7.14. The van der Waals surface area contributed by atoms with Gasteiger partial charge in [0.25, 0.3) is 5.91 Å². The van der Waals surface area contributed by atoms with Gasteiger partial charge in [0.05, 0.1) is 29.6 Å². The van der Waals surface area contributed by atoms with Crippen LogP contribution in [0.4, 0.5) is 28.9 Å². The van der Waals surface area contributed by atoms with Crippen molar-refractivity contribution in [2.45, 2.75) is 44.9 Å². The summed E-state index contributed by atoms with van der Waals surface area (Å²) in [6.45, 7) is 8.61. The van der Waals surface area contributed by atoms with E-state index < -0.39 is 35.4 Å². The number of ether oxygens (including phenoxy) is 1. The van der Waals surface area contributed by atoms with E-state index in [1.807, 2.05) is 0 Å². The smallest absolute Gasteiger partial charge is 0.417 e. The molecule has 0 spiro atoms. The molecular weight excluding hydrogens is 546 g/mol. The Morgan fingerprint density at radius 2 is 1.93 bits per heavy atom. The summed E-state index contributed by atoms with van der Waals surface area (Å²) in [4.78, 5) is 18.4. The van der Waals surface area contributed by atoms with Gasteiger partial charge in [-0.05, 0) is 75.0 Å². The quantitative estimate of drug-likeness (QED) is 0.361. The fourth-order valence-corrected chi connectivity index (χ4v) is 5.62. The van der Waals surface area contributed by atoms with Crippen molar-refractivity contribution in [2.24, 2.45) is 0 Å². The molecule has 2 saturated heterocycles. The van der Waals surface area contributed by atoms with Crippen LogP contribution in [0.25, 0.3) is 0 Å². The van der Waals surface area contributed by atoms with E-state index in [2.05, 4.69) is 17.1 Å². The second kappa shape index (κ2) is 11.7. The van der Waals surface area contributed by atoms with Crippen LogP contribution in [0.3, 0.4) is 0 Å². The van der Waals surface area contributed by atoms with Crippen molar-refractivity contribution in [1.29, 1.82) is 5.26 Å². The van der Waals surface area contributed by atoms with Crippen molar-refractivity contribution in [2.75, 3.05) is 49.3 Å². The summed E-state index contributed by atoms with van der Waals surface area (Å²) in [6.07, 6.45) is -4.71. The van der Waals surface area contributed by atoms with Crippen molar-refractivity contribution in [3.63, 3.8) is 0 Å². The number of hydrogen-bond donors (Lipinski definition) is 1. The van der Waals surface area contributed by atoms with Gasteiger partial charge in [-0.15, -0.1) is 0 Å². The van der Waals surface area contributed by atoms with Crippen LogP contribution in [0.1, 0.15) is 37.5 Å². The predicted octanol–water partition coefficient (Wildman–Crippen LogP) is 4.68. The number of carbonyl (C=O) groups is 1. The standard InChI is InChI=1S/C28H31F4N5O2S/c1-18-17-35(11-10-34-18)12-13-39-24-7-6-22(14-19(24)8-9-29)37-26(40)36(25(38)27(37,2)3)21-5-4-20(16-33)23(15-21)28(30,31)32/h4-7,14-15,18,34H,8-13,17H2,1-3H3. The first-order chi connectivity index (χ1) is 18.9. The Morgan fingerprint density at radius 1 is 1.20 bits per heavy atom. The van der Waals surface area contributed by atoms with E-state index in [1.54, 1.807) is 36.9 Å². The highest BCUT2D eigenvalue weighted by molar-refractivity contribution is 7.81. The lowest BCUT2D eigenvalue weighted by atomic mass is 10.0. The highest BCUT2D eigenvalue weighted by Gasteiger charge is 2.50. The number of amides is 1. The number of halogens is 4. The van der Waals surface area contributed by atoms with Crippen molar-refractivity contribution in [3.05, 3.63) is 53.1 Å². The minimum atomic E-state index is -4.79. The predicted molar refractivity (Wildman–Crippen MR) is 148 cm³/mol. The Labute approximate surface area is 236 Å². The van der Waals surface area contributed by atoms with Gasteiger partial charge in [0.2, 0.25) is 0 Å². The van der Waals surface area contributed by atoms with Crippen LogP contribution in [-0.2, 0) is 17.4 Å². The van der Waals surface area contributed by atoms with Gasteiger partial charge in [0.15, 0.2) is 5.11 Å². The number of hydrogen-bond acceptors (Lipinski definition) is 6. The molecule has 1 atom stereocenters. The Morgan fingerprint density at radius 3 is 2.58 bits per heavy atom. The highest BCUT2D eigenvalue weighted by atomic mass is 32.1. The third kappa shape index (κ3) is 5.92. The summed E-state index contributed by atoms with van der Waals surface area (Å²) in [5.74, 6) is -0.00875. The normalized spacial score (nSPS) is 19.7. The van der Waals surface area contributed by atoms with E-state index in [0.717, 1.165) is 43.2 Å². The van der Waals surface area contributed by atoms with Crippen molar-refractivity contribution in [3.8, 4) is 11.8 Å². The van der Waals surface area contributed by atoms with E-state index in [0.29, 0.717) is 29.6 Å². The molecule has 2 aliphatic heterocycles. The Hall–Kier alpha value is -3.27. The van der Waals surface area contributed by atoms with Crippen LogP contribution in [-0.4, -0.2) is 67.0 Å². The first-order valence-corrected chi connectivity index (χ1v) is 13.4. The monoisotopic (exact) mass is 577 g/mol. The Kier molecular flexibility index (Phi) is 8.68. The van der Waals surface area contributed by atoms with Gasteiger partial charge in [0, 0.05) is 44.3 Å². The van der Waals surface area contributed by atoms with E-state index >= 15 is 0 Å². The van der Waals surface area contributed by atoms with Crippen molar-refractivity contribution in [1.82, 2.24) is 10.2 Å². The molecule has 2 aromatic carbocycles. The molecule has 1 unspecified atom stereocenters. The van der Waals surface area contributed by atoms with Gasteiger partial charge >= 0.3 is 6.18 Å². The number of thiocarbonyl (C=S) groups is 1. The zero-order valence-corrected chi connectivity index (χ0v) is 23.3. The summed E-state index contributed by atoms with van der Waals surface area (Å²) in [6, 6.07) is 10.1. The Bertz CT molecular complexity index is 1330. The minimum absolute atomic E-state index is 0.0273. The molecule has 0 aliphatic carbocycles. The highest BCUT2D eigenvalue weighted by Crippen LogP contribution is 2.40. The van der Waals surface area contributed by atoms with Crippen LogP contribution in [0.5, 0.6) is 5.75 Å². The third-order valence-corrected chi connectivity index (χ3v) is 7.50. The van der Waals surface area contributed by atoms with Crippen molar-refractivity contribution < 1.29 is 27.1 Å². The molecule has 2 fully saturated rings. The van der Waals surface area contributed by atoms with E-state index in [9.17, 15) is 22.4 Å². The Balaban J connectivity index is 1.60. The van der Waals surface area contributed by atoms with Gasteiger partial charge in [-0.2, -0.15) is 18.4 Å². The average Bonchev–Trinajstić information content (AvgIpc) is 3.07. The topological polar surface area (TPSA) is 71.8 Å². The van der Waals surface area contributed by atoms with Gasteiger partial charge in [-0.25, -0.2) is 0 Å². The molecule has 2 aliphatic rings. The molecule has 40 heavy (non-hydrogen) atoms. The molecule has 1 N–H and O–H groups in total. The second-order valence-corrected chi connectivity index (χ2v) is 10.8. The number of aryl methyl sites for hydroxylation is 1. The van der Waals surface area contributed by atoms with Gasteiger partial charge in [-0.3, -0.25) is 19.0 Å². The van der Waals surface area contributed by atoms with Crippen molar-refractivity contribution >= 4 is 34.6 Å². The number of rotatable bonds is 8. The largest absolute Gasteiger partial charge is 0.492 e. The molecule has 1 amide bonds. The van der Waals surface area contributed by atoms with Gasteiger partial charge in [0.1, 0.15) is 17.9 Å². The zero-order valence-electron chi connectivity index (χ0n) is 22.5. The number of benzene rings is 2. The molecule has 0 aromatic heterocycles. The maximum Gasteiger partial charge on any atom is 0.417 e. The average molecular weight is 578 g/mol. The molecule has 0 radical (unpaired) electrons. The summed E-state index contributed by atoms with van der Waals surface area (Å²) >= 11 is 5.61. The molecule has 214 valence electrons. The number of carbonyl (C=O) groups excluding carboxylic acids is 1. The zero-order chi connectivity index (χ0) is 29.2. The van der Waals surface area contributed by atoms with Crippen LogP contribution in [0.15, 0.2) is 36.4 Å². The number of piperazine rings is 1. The minimum Gasteiger partial charge on any atom is -0.492 e. The maximum atomic E-state index is 13.6. The molecule has 12 heteroatoms. The summed E-state index contributed by atoms with van der Waals surface area (Å²) in [5, 5.41) is 12.5. The number of nitriles is 1. The summed E-state index contributed by atoms with van der Waals surface area (Å²) in [7, 11) is 0. The molecule has 0 bridgehead atoms. The first-order valence-electron chi connectivity index (χ1n) is 13.0. The number of nitrogens with zero attached hydrogens (tertiary/aromatic N) is 4. The lowest BCUT2D eigenvalue weighted by molar-refractivity contribution is -0.137. The number of nitrogens with one attached hydrogen (secondary N) is 1. The molecule has 2 heterocycles. The molecule has 2 aromatic rings. The summed E-state index contributed by atoms with van der Waals surface area (Å²) < 4.78 is 60.4. The fourth-order valence-electron chi connectivity index (χ4n) is 5.10. The van der Waals surface area contributed by atoms with E-state index in [4.69, 9.17) is 22.2 Å². The SMILES string of the molecule is CC1CN(CCOc2ccc(N3C(=S)N(c4ccc(C#N)c(C(F)(F)F)c4)C(=O)C3(C)C)cc2CCF)CCN1. The van der Waals surface area contributed by atoms with Gasteiger partial charge < -0.3 is 15.0 Å². The van der Waals surface area contributed by atoms with E-state index in [-0.39, 0.29) is 17.2 Å². The number of anilines is 2. The number of alkyl halides is 4. The lowest BCUT2D eigenvalue weighted by Gasteiger charge is -2.32. The van der Waals surface area contributed by atoms with Gasteiger partial charge in [-0.1, -0.05) is 0 Å². The first kappa shape index (κ1) is 29.7. The molecule has 0 saturated carbocycles. The molecular formula is C28H31F4N5O2S.